The Morgan fingerprint density at radius 2 is 1.96 bits per heavy atom. The van der Waals surface area contributed by atoms with Crippen LogP contribution in [0.5, 0.6) is 5.88 Å². The van der Waals surface area contributed by atoms with E-state index in [-0.39, 0.29) is 5.95 Å². The standard InChI is InChI=1S/C17H19N5O/c1-3-6-13-15-14(22-17(18)21-13)9-8-12(20-15)11-7-5-10-19-16(11)23-4-2/h5,7-10H,3-4,6H2,1-2H3,(H2,18,21,22). The topological polar surface area (TPSA) is 86.8 Å². The van der Waals surface area contributed by atoms with E-state index in [0.717, 1.165) is 40.8 Å². The van der Waals surface area contributed by atoms with Gasteiger partial charge in [0, 0.05) is 6.20 Å². The lowest BCUT2D eigenvalue weighted by Crippen LogP contribution is -2.03. The van der Waals surface area contributed by atoms with E-state index in [0.29, 0.717) is 12.5 Å². The molecule has 2 N–H and O–H groups in total. The Bertz CT molecular complexity index is 834. The number of nitrogens with zero attached hydrogens (tertiary/aromatic N) is 4. The van der Waals surface area contributed by atoms with Crippen molar-refractivity contribution >= 4 is 17.0 Å². The van der Waals surface area contributed by atoms with Crippen LogP contribution in [0.25, 0.3) is 22.3 Å². The van der Waals surface area contributed by atoms with E-state index < -0.39 is 0 Å². The highest BCUT2D eigenvalue weighted by atomic mass is 16.5. The Morgan fingerprint density at radius 1 is 1.09 bits per heavy atom. The van der Waals surface area contributed by atoms with Crippen molar-refractivity contribution in [1.29, 1.82) is 0 Å². The van der Waals surface area contributed by atoms with Crippen LogP contribution in [0.3, 0.4) is 0 Å². The summed E-state index contributed by atoms with van der Waals surface area (Å²) >= 11 is 0. The van der Waals surface area contributed by atoms with Gasteiger partial charge in [0.15, 0.2) is 0 Å². The number of nitrogens with two attached hydrogens (primary N) is 1. The van der Waals surface area contributed by atoms with Gasteiger partial charge >= 0.3 is 0 Å². The highest BCUT2D eigenvalue weighted by Crippen LogP contribution is 2.28. The molecule has 0 atom stereocenters. The van der Waals surface area contributed by atoms with Gasteiger partial charge in [0.2, 0.25) is 11.8 Å². The fourth-order valence-corrected chi connectivity index (χ4v) is 2.49. The zero-order valence-electron chi connectivity index (χ0n) is 13.3. The van der Waals surface area contributed by atoms with Crippen LogP contribution in [0.1, 0.15) is 26.0 Å². The van der Waals surface area contributed by atoms with Gasteiger partial charge in [-0.15, -0.1) is 0 Å². The Morgan fingerprint density at radius 3 is 2.74 bits per heavy atom. The van der Waals surface area contributed by atoms with Crippen molar-refractivity contribution in [2.45, 2.75) is 26.7 Å². The molecule has 0 spiro atoms. The SMILES string of the molecule is CCCc1nc(N)nc2ccc(-c3cccnc3OCC)nc12. The molecule has 0 saturated heterocycles. The molecule has 3 rings (SSSR count). The van der Waals surface area contributed by atoms with Gasteiger partial charge in [0.25, 0.3) is 0 Å². The van der Waals surface area contributed by atoms with Crippen LogP contribution in [0.2, 0.25) is 0 Å². The first-order chi connectivity index (χ1) is 11.2. The van der Waals surface area contributed by atoms with Crippen molar-refractivity contribution in [3.8, 4) is 17.1 Å². The number of pyridine rings is 2. The second-order valence-corrected chi connectivity index (χ2v) is 5.13. The fraction of sp³-hybridized carbons (Fsp3) is 0.294. The molecule has 3 aromatic heterocycles. The molecular formula is C17H19N5O. The number of nitrogen functional groups attached to an aromatic ring is 1. The van der Waals surface area contributed by atoms with E-state index >= 15 is 0 Å². The minimum absolute atomic E-state index is 0.284. The summed E-state index contributed by atoms with van der Waals surface area (Å²) in [5.74, 6) is 0.863. The summed E-state index contributed by atoms with van der Waals surface area (Å²) in [6.45, 7) is 4.59. The van der Waals surface area contributed by atoms with Gasteiger partial charge in [-0.2, -0.15) is 0 Å². The van der Waals surface area contributed by atoms with Gasteiger partial charge < -0.3 is 10.5 Å². The molecule has 0 aliphatic carbocycles. The average molecular weight is 309 g/mol. The highest BCUT2D eigenvalue weighted by molar-refractivity contribution is 5.81. The molecule has 0 radical (unpaired) electrons. The number of aromatic nitrogens is 4. The largest absolute Gasteiger partial charge is 0.477 e. The zero-order valence-corrected chi connectivity index (χ0v) is 13.3. The van der Waals surface area contributed by atoms with Crippen molar-refractivity contribution < 1.29 is 4.74 Å². The van der Waals surface area contributed by atoms with Crippen LogP contribution < -0.4 is 10.5 Å². The Balaban J connectivity index is 2.17. The lowest BCUT2D eigenvalue weighted by molar-refractivity contribution is 0.328. The third kappa shape index (κ3) is 3.06. The highest BCUT2D eigenvalue weighted by Gasteiger charge is 2.12. The Kier molecular flexibility index (Phi) is 4.32. The van der Waals surface area contributed by atoms with Crippen LogP contribution in [0.15, 0.2) is 30.5 Å². The van der Waals surface area contributed by atoms with Crippen molar-refractivity contribution in [1.82, 2.24) is 19.9 Å². The van der Waals surface area contributed by atoms with Crippen LogP contribution in [-0.2, 0) is 6.42 Å². The predicted molar refractivity (Wildman–Crippen MR) is 90.1 cm³/mol. The zero-order chi connectivity index (χ0) is 16.2. The molecule has 0 aromatic carbocycles. The normalized spacial score (nSPS) is 10.9. The van der Waals surface area contributed by atoms with E-state index in [1.54, 1.807) is 6.20 Å². The average Bonchev–Trinajstić information content (AvgIpc) is 2.56. The summed E-state index contributed by atoms with van der Waals surface area (Å²) < 4.78 is 5.60. The first-order valence-corrected chi connectivity index (χ1v) is 7.74. The number of fused-ring (bicyclic) bond motifs is 1. The predicted octanol–water partition coefficient (Wildman–Crippen LogP) is 3.02. The second-order valence-electron chi connectivity index (χ2n) is 5.13. The molecule has 0 aliphatic rings. The van der Waals surface area contributed by atoms with Gasteiger partial charge in [0.1, 0.15) is 5.52 Å². The van der Waals surface area contributed by atoms with Gasteiger partial charge in [-0.1, -0.05) is 13.3 Å². The molecule has 0 amide bonds. The van der Waals surface area contributed by atoms with Crippen LogP contribution >= 0.6 is 0 Å². The maximum atomic E-state index is 5.79. The lowest BCUT2D eigenvalue weighted by Gasteiger charge is -2.10. The number of rotatable bonds is 5. The fourth-order valence-electron chi connectivity index (χ4n) is 2.49. The van der Waals surface area contributed by atoms with E-state index in [2.05, 4.69) is 21.9 Å². The molecule has 23 heavy (non-hydrogen) atoms. The summed E-state index contributed by atoms with van der Waals surface area (Å²) in [6, 6.07) is 7.64. The minimum Gasteiger partial charge on any atom is -0.477 e. The van der Waals surface area contributed by atoms with Gasteiger partial charge in [0.05, 0.1) is 29.1 Å². The monoisotopic (exact) mass is 309 g/mol. The summed E-state index contributed by atoms with van der Waals surface area (Å²) in [6.07, 6.45) is 3.49. The number of hydrogen-bond donors (Lipinski definition) is 1. The van der Waals surface area contributed by atoms with Gasteiger partial charge in [-0.05, 0) is 37.6 Å². The summed E-state index contributed by atoms with van der Waals surface area (Å²) in [5, 5.41) is 0. The molecule has 0 fully saturated rings. The second kappa shape index (κ2) is 6.56. The first kappa shape index (κ1) is 15.1. The van der Waals surface area contributed by atoms with Crippen molar-refractivity contribution in [2.75, 3.05) is 12.3 Å². The Labute approximate surface area is 134 Å². The van der Waals surface area contributed by atoms with E-state index in [1.807, 2.05) is 31.2 Å². The number of anilines is 1. The number of ether oxygens (including phenoxy) is 1. The number of hydrogen-bond acceptors (Lipinski definition) is 6. The summed E-state index contributed by atoms with van der Waals surface area (Å²) in [4.78, 5) is 17.6. The van der Waals surface area contributed by atoms with Gasteiger partial charge in [-0.3, -0.25) is 0 Å². The lowest BCUT2D eigenvalue weighted by atomic mass is 10.1. The third-order valence-corrected chi connectivity index (χ3v) is 3.45. The maximum Gasteiger partial charge on any atom is 0.222 e. The van der Waals surface area contributed by atoms with E-state index in [4.69, 9.17) is 15.5 Å². The molecule has 6 heteroatoms. The van der Waals surface area contributed by atoms with Crippen molar-refractivity contribution in [3.63, 3.8) is 0 Å². The molecule has 3 heterocycles. The quantitative estimate of drug-likeness (QED) is 0.779. The van der Waals surface area contributed by atoms with Crippen LogP contribution in [0, 0.1) is 0 Å². The van der Waals surface area contributed by atoms with Gasteiger partial charge in [-0.25, -0.2) is 19.9 Å². The smallest absolute Gasteiger partial charge is 0.222 e. The first-order valence-electron chi connectivity index (χ1n) is 7.74. The molecular weight excluding hydrogens is 290 g/mol. The molecule has 118 valence electrons. The summed E-state index contributed by atoms with van der Waals surface area (Å²) in [5.41, 5.74) is 9.85. The molecule has 0 aliphatic heterocycles. The van der Waals surface area contributed by atoms with E-state index in [1.165, 1.54) is 0 Å². The number of aryl methyl sites for hydroxylation is 1. The van der Waals surface area contributed by atoms with Crippen LogP contribution in [-0.4, -0.2) is 26.5 Å². The molecule has 6 nitrogen and oxygen atoms in total. The molecule has 0 unspecified atom stereocenters. The maximum absolute atomic E-state index is 5.79. The molecule has 3 aromatic rings. The van der Waals surface area contributed by atoms with Crippen molar-refractivity contribution in [2.24, 2.45) is 0 Å². The molecule has 0 saturated carbocycles. The van der Waals surface area contributed by atoms with E-state index in [9.17, 15) is 0 Å². The molecule has 0 bridgehead atoms. The third-order valence-electron chi connectivity index (χ3n) is 3.45. The Hall–Kier alpha value is -2.76. The van der Waals surface area contributed by atoms with Crippen molar-refractivity contribution in [3.05, 3.63) is 36.2 Å². The minimum atomic E-state index is 0.284. The summed E-state index contributed by atoms with van der Waals surface area (Å²) in [7, 11) is 0. The van der Waals surface area contributed by atoms with Crippen LogP contribution in [0.4, 0.5) is 5.95 Å².